The SMILES string of the molecule is C[SH](=O)(C=O)NCCCCCC(=O)NCCCNCCCCNCCCN. The van der Waals surface area contributed by atoms with Gasteiger partial charge in [0.25, 0.3) is 0 Å². The van der Waals surface area contributed by atoms with Crippen LogP contribution >= 0.6 is 0 Å². The second kappa shape index (κ2) is 18.5. The summed E-state index contributed by atoms with van der Waals surface area (Å²) in [6, 6.07) is 0. The van der Waals surface area contributed by atoms with E-state index in [4.69, 9.17) is 5.73 Å². The maximum atomic E-state index is 11.7. The van der Waals surface area contributed by atoms with E-state index in [0.29, 0.717) is 25.1 Å². The van der Waals surface area contributed by atoms with Gasteiger partial charge in [-0.1, -0.05) is 6.42 Å². The molecule has 0 aliphatic rings. The Balaban J connectivity index is 3.26. The average molecular weight is 408 g/mol. The normalized spacial score (nSPS) is 12.1. The molecular formula is C18H41N5O3S. The number of hydrogen-bond donors (Lipinski definition) is 6. The Labute approximate surface area is 165 Å². The molecule has 0 atom stereocenters. The molecule has 0 aromatic rings. The number of carbonyl (C=O) groups is 2. The molecular weight excluding hydrogens is 366 g/mol. The molecule has 0 aromatic carbocycles. The number of rotatable bonds is 20. The molecule has 0 heterocycles. The summed E-state index contributed by atoms with van der Waals surface area (Å²) < 4.78 is 14.2. The van der Waals surface area contributed by atoms with E-state index in [-0.39, 0.29) is 5.91 Å². The third-order valence-electron chi connectivity index (χ3n) is 4.07. The van der Waals surface area contributed by atoms with E-state index < -0.39 is 10.1 Å². The molecule has 8 nitrogen and oxygen atoms in total. The Bertz CT molecular complexity index is 424. The summed E-state index contributed by atoms with van der Waals surface area (Å²) in [6.07, 6.45) is 8.71. The van der Waals surface area contributed by atoms with E-state index in [2.05, 4.69) is 20.7 Å². The lowest BCUT2D eigenvalue weighted by atomic mass is 10.2. The quantitative estimate of drug-likeness (QED) is 0.0935. The van der Waals surface area contributed by atoms with Gasteiger partial charge in [0.1, 0.15) is 0 Å². The Morgan fingerprint density at radius 2 is 1.44 bits per heavy atom. The molecule has 6 N–H and O–H groups in total. The predicted molar refractivity (Wildman–Crippen MR) is 115 cm³/mol. The van der Waals surface area contributed by atoms with Crippen LogP contribution in [0.5, 0.6) is 0 Å². The summed E-state index contributed by atoms with van der Waals surface area (Å²) in [5.74, 6) is 0.0839. The number of nitrogens with two attached hydrogens (primary N) is 1. The van der Waals surface area contributed by atoms with Crippen LogP contribution in [-0.4, -0.2) is 67.8 Å². The van der Waals surface area contributed by atoms with E-state index >= 15 is 0 Å². The van der Waals surface area contributed by atoms with Crippen LogP contribution in [0.2, 0.25) is 0 Å². The maximum absolute atomic E-state index is 11.7. The van der Waals surface area contributed by atoms with Crippen molar-refractivity contribution in [1.82, 2.24) is 20.7 Å². The van der Waals surface area contributed by atoms with Crippen molar-refractivity contribution >= 4 is 21.6 Å². The first-order valence-electron chi connectivity index (χ1n) is 10.2. The van der Waals surface area contributed by atoms with Crippen LogP contribution in [0.1, 0.15) is 51.4 Å². The van der Waals surface area contributed by atoms with Gasteiger partial charge in [-0.15, -0.1) is 0 Å². The highest BCUT2D eigenvalue weighted by atomic mass is 32.3. The number of nitrogens with one attached hydrogen (secondary N) is 4. The fourth-order valence-corrected chi connectivity index (χ4v) is 3.11. The predicted octanol–water partition coefficient (Wildman–Crippen LogP) is -0.297. The van der Waals surface area contributed by atoms with Crippen molar-refractivity contribution in [3.05, 3.63) is 0 Å². The summed E-state index contributed by atoms with van der Waals surface area (Å²) >= 11 is 0. The molecule has 0 aromatic heterocycles. The van der Waals surface area contributed by atoms with Crippen LogP contribution in [0, 0.1) is 0 Å². The Kier molecular flexibility index (Phi) is 17.9. The topological polar surface area (TPSA) is 125 Å². The van der Waals surface area contributed by atoms with Crippen LogP contribution < -0.4 is 26.4 Å². The van der Waals surface area contributed by atoms with Gasteiger partial charge < -0.3 is 21.7 Å². The molecule has 0 rings (SSSR count). The van der Waals surface area contributed by atoms with Gasteiger partial charge in [-0.05, 0) is 81.4 Å². The minimum absolute atomic E-state index is 0.0839. The van der Waals surface area contributed by atoms with Crippen molar-refractivity contribution in [3.63, 3.8) is 0 Å². The minimum atomic E-state index is -2.80. The number of thiol groups is 1. The molecule has 0 fully saturated rings. The standard InChI is InChI=1S/C18H41N5O3S/c1-27(26,17-24)23-16-4-2-3-9-18(25)22-15-8-14-21-12-6-5-11-20-13-7-10-19/h17,20-21,27H,2-16,19H2,1H3,(H,22,25)(H,23,26). The zero-order valence-corrected chi connectivity index (χ0v) is 17.8. The average Bonchev–Trinajstić information content (AvgIpc) is 2.65. The molecule has 0 unspecified atom stereocenters. The smallest absolute Gasteiger partial charge is 0.219 e. The summed E-state index contributed by atoms with van der Waals surface area (Å²) in [4.78, 5) is 22.2. The third kappa shape index (κ3) is 19.7. The third-order valence-corrected chi connectivity index (χ3v) is 5.33. The van der Waals surface area contributed by atoms with Crippen LogP contribution in [0.15, 0.2) is 0 Å². The van der Waals surface area contributed by atoms with Crippen molar-refractivity contribution in [1.29, 1.82) is 0 Å². The van der Waals surface area contributed by atoms with Gasteiger partial charge in [0.15, 0.2) is 5.62 Å². The molecule has 0 saturated heterocycles. The Hall–Kier alpha value is -0.870. The second-order valence-electron chi connectivity index (χ2n) is 6.87. The zero-order chi connectivity index (χ0) is 20.2. The fraction of sp³-hybridized carbons (Fsp3) is 0.889. The van der Waals surface area contributed by atoms with E-state index in [0.717, 1.165) is 77.7 Å². The number of unbranched alkanes of at least 4 members (excludes halogenated alkanes) is 3. The molecule has 0 spiro atoms. The zero-order valence-electron chi connectivity index (χ0n) is 16.9. The van der Waals surface area contributed by atoms with Crippen molar-refractivity contribution in [3.8, 4) is 0 Å². The molecule has 0 aliphatic heterocycles. The highest BCUT2D eigenvalue weighted by molar-refractivity contribution is 8.12. The van der Waals surface area contributed by atoms with Crippen molar-refractivity contribution in [2.24, 2.45) is 5.73 Å². The monoisotopic (exact) mass is 407 g/mol. The lowest BCUT2D eigenvalue weighted by Crippen LogP contribution is -2.31. The highest BCUT2D eigenvalue weighted by Crippen LogP contribution is 2.00. The number of amides is 1. The van der Waals surface area contributed by atoms with E-state index in [9.17, 15) is 13.8 Å². The molecule has 0 radical (unpaired) electrons. The summed E-state index contributed by atoms with van der Waals surface area (Å²) in [7, 11) is -2.80. The summed E-state index contributed by atoms with van der Waals surface area (Å²) in [5, 5.41) is 9.68. The van der Waals surface area contributed by atoms with Crippen molar-refractivity contribution in [2.45, 2.75) is 51.4 Å². The van der Waals surface area contributed by atoms with Gasteiger partial charge in [0, 0.05) is 25.8 Å². The maximum Gasteiger partial charge on any atom is 0.219 e. The Morgan fingerprint density at radius 1 is 0.852 bits per heavy atom. The lowest BCUT2D eigenvalue weighted by Gasteiger charge is -2.12. The minimum Gasteiger partial charge on any atom is -0.356 e. The molecule has 9 heteroatoms. The van der Waals surface area contributed by atoms with Crippen LogP contribution in [-0.2, 0) is 19.7 Å². The summed E-state index contributed by atoms with van der Waals surface area (Å²) in [6.45, 7) is 5.96. The fourth-order valence-electron chi connectivity index (χ4n) is 2.43. The molecule has 0 bridgehead atoms. The second-order valence-corrected chi connectivity index (χ2v) is 9.37. The van der Waals surface area contributed by atoms with Crippen LogP contribution in [0.4, 0.5) is 0 Å². The molecule has 0 saturated carbocycles. The first-order chi connectivity index (χ1) is 13.0. The van der Waals surface area contributed by atoms with Gasteiger partial charge >= 0.3 is 0 Å². The van der Waals surface area contributed by atoms with Gasteiger partial charge in [-0.3, -0.25) is 18.5 Å². The first kappa shape index (κ1) is 26.1. The molecule has 1 amide bonds. The van der Waals surface area contributed by atoms with Gasteiger partial charge in [0.05, 0.1) is 0 Å². The van der Waals surface area contributed by atoms with Gasteiger partial charge in [0.2, 0.25) is 5.91 Å². The molecule has 27 heavy (non-hydrogen) atoms. The van der Waals surface area contributed by atoms with Crippen LogP contribution in [0.3, 0.4) is 0 Å². The van der Waals surface area contributed by atoms with E-state index in [1.165, 1.54) is 6.26 Å². The van der Waals surface area contributed by atoms with Crippen molar-refractivity contribution < 1.29 is 13.8 Å². The Morgan fingerprint density at radius 3 is 2.07 bits per heavy atom. The van der Waals surface area contributed by atoms with E-state index in [1.807, 2.05) is 0 Å². The van der Waals surface area contributed by atoms with Gasteiger partial charge in [-0.2, -0.15) is 0 Å². The molecule has 0 aliphatic carbocycles. The largest absolute Gasteiger partial charge is 0.356 e. The summed E-state index contributed by atoms with van der Waals surface area (Å²) in [5.41, 5.74) is 5.91. The van der Waals surface area contributed by atoms with E-state index in [1.54, 1.807) is 0 Å². The molecule has 162 valence electrons. The van der Waals surface area contributed by atoms with Crippen molar-refractivity contribution in [2.75, 3.05) is 52.1 Å². The number of carbonyl (C=O) groups excluding carboxylic acids is 2. The first-order valence-corrected chi connectivity index (χ1v) is 12.4. The van der Waals surface area contributed by atoms with Crippen LogP contribution in [0.25, 0.3) is 0 Å². The number of hydrogen-bond acceptors (Lipinski definition) is 6. The lowest BCUT2D eigenvalue weighted by molar-refractivity contribution is -0.121. The van der Waals surface area contributed by atoms with Gasteiger partial charge in [-0.25, -0.2) is 0 Å². The highest BCUT2D eigenvalue weighted by Gasteiger charge is 2.04.